The first kappa shape index (κ1) is 16.8. The molecule has 1 rings (SSSR count). The fraction of sp³-hybridized carbons (Fsp3) is 0.412. The number of aliphatic hydroxyl groups is 1. The Morgan fingerprint density at radius 1 is 1.38 bits per heavy atom. The lowest BCUT2D eigenvalue weighted by Crippen LogP contribution is -2.37. The maximum absolute atomic E-state index is 12.5. The highest BCUT2D eigenvalue weighted by Gasteiger charge is 2.18. The van der Waals surface area contributed by atoms with Gasteiger partial charge in [0.15, 0.2) is 0 Å². The van der Waals surface area contributed by atoms with Crippen LogP contribution in [0.5, 0.6) is 0 Å². The van der Waals surface area contributed by atoms with Crippen molar-refractivity contribution < 1.29 is 9.90 Å². The van der Waals surface area contributed by atoms with E-state index in [2.05, 4.69) is 17.9 Å². The monoisotopic (exact) mass is 284 g/mol. The average Bonchev–Trinajstić information content (AvgIpc) is 2.47. The number of benzene rings is 1. The number of nitriles is 1. The molecule has 0 aliphatic heterocycles. The standard InChI is InChI=1S/C17H20N2O2/c1-14(2)19(11-6-10-18)17(21)16-9-5-8-15(13-16)7-3-4-12-20/h5,8-9,13-14,20H,4,6,11-12H2,1-2H3. The highest BCUT2D eigenvalue weighted by Crippen LogP contribution is 2.11. The molecule has 0 bridgehead atoms. The molecular weight excluding hydrogens is 264 g/mol. The van der Waals surface area contributed by atoms with Crippen LogP contribution in [-0.4, -0.2) is 35.1 Å². The molecule has 1 N–H and O–H groups in total. The summed E-state index contributed by atoms with van der Waals surface area (Å²) < 4.78 is 0. The van der Waals surface area contributed by atoms with Crippen LogP contribution in [0.15, 0.2) is 24.3 Å². The van der Waals surface area contributed by atoms with Crippen molar-refractivity contribution in [1.29, 1.82) is 5.26 Å². The van der Waals surface area contributed by atoms with Crippen LogP contribution in [0.3, 0.4) is 0 Å². The maximum Gasteiger partial charge on any atom is 0.254 e. The second kappa shape index (κ2) is 8.79. The lowest BCUT2D eigenvalue weighted by atomic mass is 10.1. The van der Waals surface area contributed by atoms with E-state index in [9.17, 15) is 4.79 Å². The van der Waals surface area contributed by atoms with Gasteiger partial charge < -0.3 is 10.0 Å². The van der Waals surface area contributed by atoms with E-state index in [4.69, 9.17) is 10.4 Å². The van der Waals surface area contributed by atoms with E-state index in [1.807, 2.05) is 19.9 Å². The van der Waals surface area contributed by atoms with E-state index in [1.54, 1.807) is 23.1 Å². The second-order valence-corrected chi connectivity index (χ2v) is 4.86. The largest absolute Gasteiger partial charge is 0.395 e. The highest BCUT2D eigenvalue weighted by molar-refractivity contribution is 5.94. The van der Waals surface area contributed by atoms with Crippen LogP contribution in [0.2, 0.25) is 0 Å². The molecule has 0 aliphatic rings. The van der Waals surface area contributed by atoms with Crippen LogP contribution >= 0.6 is 0 Å². The minimum absolute atomic E-state index is 0.0287. The van der Waals surface area contributed by atoms with Crippen LogP contribution in [0.4, 0.5) is 0 Å². The molecule has 21 heavy (non-hydrogen) atoms. The van der Waals surface area contributed by atoms with Crippen LogP contribution in [0.25, 0.3) is 0 Å². The summed E-state index contributed by atoms with van der Waals surface area (Å²) in [7, 11) is 0. The fourth-order valence-corrected chi connectivity index (χ4v) is 1.88. The van der Waals surface area contributed by atoms with E-state index in [-0.39, 0.29) is 18.6 Å². The molecule has 0 radical (unpaired) electrons. The zero-order valence-electron chi connectivity index (χ0n) is 12.5. The van der Waals surface area contributed by atoms with Gasteiger partial charge in [0.05, 0.1) is 19.1 Å². The second-order valence-electron chi connectivity index (χ2n) is 4.86. The Morgan fingerprint density at radius 3 is 2.76 bits per heavy atom. The van der Waals surface area contributed by atoms with Crippen LogP contribution in [0.1, 0.15) is 42.6 Å². The predicted molar refractivity (Wildman–Crippen MR) is 81.4 cm³/mol. The molecule has 0 saturated heterocycles. The van der Waals surface area contributed by atoms with Crippen molar-refractivity contribution in [2.75, 3.05) is 13.2 Å². The van der Waals surface area contributed by atoms with Crippen molar-refractivity contribution in [3.8, 4) is 17.9 Å². The van der Waals surface area contributed by atoms with Crippen LogP contribution < -0.4 is 0 Å². The van der Waals surface area contributed by atoms with Gasteiger partial charge in [0.25, 0.3) is 5.91 Å². The van der Waals surface area contributed by atoms with Crippen molar-refractivity contribution in [2.24, 2.45) is 0 Å². The van der Waals surface area contributed by atoms with Crippen LogP contribution in [-0.2, 0) is 0 Å². The van der Waals surface area contributed by atoms with Gasteiger partial charge in [-0.1, -0.05) is 17.9 Å². The molecule has 0 unspecified atom stereocenters. The third kappa shape index (κ3) is 5.30. The Morgan fingerprint density at radius 2 is 2.14 bits per heavy atom. The van der Waals surface area contributed by atoms with Gasteiger partial charge in [-0.2, -0.15) is 5.26 Å². The zero-order valence-corrected chi connectivity index (χ0v) is 12.5. The van der Waals surface area contributed by atoms with Gasteiger partial charge in [-0.3, -0.25) is 4.79 Å². The Bertz CT molecular complexity index is 576. The summed E-state index contributed by atoms with van der Waals surface area (Å²) in [6.45, 7) is 4.31. The Balaban J connectivity index is 2.93. The molecule has 1 aromatic rings. The molecule has 0 aromatic heterocycles. The smallest absolute Gasteiger partial charge is 0.254 e. The van der Waals surface area contributed by atoms with E-state index >= 15 is 0 Å². The summed E-state index contributed by atoms with van der Waals surface area (Å²) in [5, 5.41) is 17.4. The molecule has 1 aromatic carbocycles. The molecule has 1 amide bonds. The molecular formula is C17H20N2O2. The quantitative estimate of drug-likeness (QED) is 0.843. The number of hydrogen-bond donors (Lipinski definition) is 1. The summed E-state index contributed by atoms with van der Waals surface area (Å²) in [4.78, 5) is 14.2. The van der Waals surface area contributed by atoms with E-state index in [0.717, 1.165) is 5.56 Å². The maximum atomic E-state index is 12.5. The van der Waals surface area contributed by atoms with E-state index in [0.29, 0.717) is 24.9 Å². The molecule has 0 saturated carbocycles. The molecule has 0 aliphatic carbocycles. The average molecular weight is 284 g/mol. The summed E-state index contributed by atoms with van der Waals surface area (Å²) in [6.07, 6.45) is 0.735. The first-order valence-electron chi connectivity index (χ1n) is 6.98. The van der Waals surface area contributed by atoms with Gasteiger partial charge in [-0.15, -0.1) is 0 Å². The number of carbonyl (C=O) groups is 1. The third-order valence-electron chi connectivity index (χ3n) is 2.93. The molecule has 0 heterocycles. The van der Waals surface area contributed by atoms with E-state index < -0.39 is 0 Å². The number of amides is 1. The zero-order chi connectivity index (χ0) is 15.7. The van der Waals surface area contributed by atoms with Gasteiger partial charge >= 0.3 is 0 Å². The van der Waals surface area contributed by atoms with Crippen LogP contribution in [0, 0.1) is 23.2 Å². The third-order valence-corrected chi connectivity index (χ3v) is 2.93. The first-order chi connectivity index (χ1) is 10.1. The number of carbonyl (C=O) groups excluding carboxylic acids is 1. The Labute approximate surface area is 126 Å². The van der Waals surface area contributed by atoms with Gasteiger partial charge in [-0.25, -0.2) is 0 Å². The van der Waals surface area contributed by atoms with Gasteiger partial charge in [0, 0.05) is 30.1 Å². The Hall–Kier alpha value is -2.30. The summed E-state index contributed by atoms with van der Waals surface area (Å²) >= 11 is 0. The molecule has 0 atom stereocenters. The Kier molecular flexibility index (Phi) is 7.01. The van der Waals surface area contributed by atoms with Gasteiger partial charge in [-0.05, 0) is 32.0 Å². The normalized spacial score (nSPS) is 9.67. The molecule has 110 valence electrons. The summed E-state index contributed by atoms with van der Waals surface area (Å²) in [5.41, 5.74) is 1.32. The number of aliphatic hydroxyl groups excluding tert-OH is 1. The number of hydrogen-bond acceptors (Lipinski definition) is 3. The fourth-order valence-electron chi connectivity index (χ4n) is 1.88. The first-order valence-corrected chi connectivity index (χ1v) is 6.98. The summed E-state index contributed by atoms with van der Waals surface area (Å²) in [5.74, 6) is 5.66. The van der Waals surface area contributed by atoms with Crippen molar-refractivity contribution in [1.82, 2.24) is 4.90 Å². The minimum atomic E-state index is -0.0916. The van der Waals surface area contributed by atoms with E-state index in [1.165, 1.54) is 0 Å². The van der Waals surface area contributed by atoms with Gasteiger partial charge in [0.1, 0.15) is 0 Å². The molecule has 4 heteroatoms. The lowest BCUT2D eigenvalue weighted by Gasteiger charge is -2.26. The number of rotatable bonds is 5. The minimum Gasteiger partial charge on any atom is -0.395 e. The highest BCUT2D eigenvalue weighted by atomic mass is 16.2. The molecule has 0 spiro atoms. The van der Waals surface area contributed by atoms with Gasteiger partial charge in [0.2, 0.25) is 0 Å². The number of nitrogens with zero attached hydrogens (tertiary/aromatic N) is 2. The summed E-state index contributed by atoms with van der Waals surface area (Å²) in [6, 6.07) is 9.22. The molecule has 0 fully saturated rings. The lowest BCUT2D eigenvalue weighted by molar-refractivity contribution is 0.0710. The van der Waals surface area contributed by atoms with Crippen molar-refractivity contribution >= 4 is 5.91 Å². The van der Waals surface area contributed by atoms with Crippen molar-refractivity contribution in [2.45, 2.75) is 32.7 Å². The predicted octanol–water partition coefficient (Wildman–Crippen LogP) is 2.18. The van der Waals surface area contributed by atoms with Crippen molar-refractivity contribution in [3.05, 3.63) is 35.4 Å². The van der Waals surface area contributed by atoms with Crippen molar-refractivity contribution in [3.63, 3.8) is 0 Å². The SMILES string of the molecule is CC(C)N(CCC#N)C(=O)c1cccc(C#CCCO)c1. The topological polar surface area (TPSA) is 64.3 Å². The molecule has 4 nitrogen and oxygen atoms in total.